The van der Waals surface area contributed by atoms with Gasteiger partial charge in [0.15, 0.2) is 5.96 Å². The molecular formula is C22H38IN5O. The van der Waals surface area contributed by atoms with Crippen LogP contribution in [0.1, 0.15) is 40.0 Å². The summed E-state index contributed by atoms with van der Waals surface area (Å²) < 4.78 is 0. The summed E-state index contributed by atoms with van der Waals surface area (Å²) in [6.07, 6.45) is 2.70. The van der Waals surface area contributed by atoms with Crippen LogP contribution < -0.4 is 16.0 Å². The maximum Gasteiger partial charge on any atom is 0.220 e. The number of aliphatic imine (C=N–C) groups is 1. The number of carbonyl (C=O) groups is 1. The molecule has 3 N–H and O–H groups in total. The van der Waals surface area contributed by atoms with Gasteiger partial charge >= 0.3 is 0 Å². The number of hydrogen-bond acceptors (Lipinski definition) is 3. The molecule has 0 spiro atoms. The molecule has 1 unspecified atom stereocenters. The van der Waals surface area contributed by atoms with Crippen LogP contribution in [-0.2, 0) is 4.79 Å². The smallest absolute Gasteiger partial charge is 0.220 e. The zero-order valence-corrected chi connectivity index (χ0v) is 20.6. The number of halogens is 1. The number of piperidine rings is 1. The fourth-order valence-corrected chi connectivity index (χ4v) is 3.50. The Bertz CT molecular complexity index is 615. The third-order valence-corrected chi connectivity index (χ3v) is 5.37. The number of para-hydroxylation sites is 1. The summed E-state index contributed by atoms with van der Waals surface area (Å²) in [5.41, 5.74) is 1.14. The van der Waals surface area contributed by atoms with Crippen molar-refractivity contribution >= 4 is 41.5 Å². The minimum absolute atomic E-state index is 0. The number of carbonyl (C=O) groups excluding carboxylic acids is 1. The highest BCUT2D eigenvalue weighted by Gasteiger charge is 2.23. The van der Waals surface area contributed by atoms with Gasteiger partial charge in [0.2, 0.25) is 5.91 Å². The number of amides is 1. The highest BCUT2D eigenvalue weighted by atomic mass is 127. The van der Waals surface area contributed by atoms with Crippen molar-refractivity contribution in [1.29, 1.82) is 0 Å². The number of nitrogens with one attached hydrogen (secondary N) is 3. The molecule has 0 radical (unpaired) electrons. The molecule has 1 amide bonds. The molecule has 1 aromatic carbocycles. The Balaban J connectivity index is 0.00000420. The van der Waals surface area contributed by atoms with Crippen LogP contribution >= 0.6 is 24.0 Å². The van der Waals surface area contributed by atoms with E-state index in [0.717, 1.165) is 50.7 Å². The molecule has 0 bridgehead atoms. The van der Waals surface area contributed by atoms with Crippen molar-refractivity contribution in [3.63, 3.8) is 0 Å². The molecule has 6 nitrogen and oxygen atoms in total. The van der Waals surface area contributed by atoms with Crippen molar-refractivity contribution in [2.24, 2.45) is 16.8 Å². The summed E-state index contributed by atoms with van der Waals surface area (Å²) in [5.74, 6) is 2.08. The second-order valence-corrected chi connectivity index (χ2v) is 7.86. The molecular weight excluding hydrogens is 477 g/mol. The van der Waals surface area contributed by atoms with Crippen LogP contribution in [0.4, 0.5) is 5.69 Å². The molecule has 1 heterocycles. The molecule has 0 saturated carbocycles. The molecule has 2 rings (SSSR count). The maximum absolute atomic E-state index is 11.6. The zero-order chi connectivity index (χ0) is 20.4. The Morgan fingerprint density at radius 3 is 2.41 bits per heavy atom. The van der Waals surface area contributed by atoms with Gasteiger partial charge < -0.3 is 20.9 Å². The Morgan fingerprint density at radius 1 is 1.21 bits per heavy atom. The number of hydrogen-bond donors (Lipinski definition) is 3. The van der Waals surface area contributed by atoms with Crippen LogP contribution in [0.5, 0.6) is 0 Å². The number of rotatable bonds is 8. The van der Waals surface area contributed by atoms with Crippen molar-refractivity contribution in [3.8, 4) is 0 Å². The number of anilines is 1. The van der Waals surface area contributed by atoms with Gasteiger partial charge in [-0.1, -0.05) is 32.0 Å². The van der Waals surface area contributed by atoms with Gasteiger partial charge in [-0.2, -0.15) is 0 Å². The fourth-order valence-electron chi connectivity index (χ4n) is 3.50. The first-order chi connectivity index (χ1) is 13.5. The number of benzene rings is 1. The molecule has 1 fully saturated rings. The maximum atomic E-state index is 11.6. The predicted octanol–water partition coefficient (Wildman–Crippen LogP) is 3.55. The van der Waals surface area contributed by atoms with E-state index in [9.17, 15) is 4.79 Å². The summed E-state index contributed by atoms with van der Waals surface area (Å²) in [7, 11) is 1.71. The SMILES string of the molecule is CCNC(=NCC(Nc1ccccc1)C(C)C)N1CCC(CC(=O)NC)CC1.I. The van der Waals surface area contributed by atoms with E-state index < -0.39 is 0 Å². The summed E-state index contributed by atoms with van der Waals surface area (Å²) in [4.78, 5) is 18.9. The van der Waals surface area contributed by atoms with E-state index in [0.29, 0.717) is 18.3 Å². The Hall–Kier alpha value is -1.51. The van der Waals surface area contributed by atoms with Crippen LogP contribution in [-0.4, -0.2) is 56.0 Å². The van der Waals surface area contributed by atoms with Gasteiger partial charge in [-0.05, 0) is 43.7 Å². The lowest BCUT2D eigenvalue weighted by molar-refractivity contribution is -0.121. The monoisotopic (exact) mass is 515 g/mol. The summed E-state index contributed by atoms with van der Waals surface area (Å²) >= 11 is 0. The fraction of sp³-hybridized carbons (Fsp3) is 0.636. The highest BCUT2D eigenvalue weighted by Crippen LogP contribution is 2.20. The zero-order valence-electron chi connectivity index (χ0n) is 18.3. The number of guanidine groups is 1. The van der Waals surface area contributed by atoms with Gasteiger partial charge in [-0.3, -0.25) is 9.79 Å². The lowest BCUT2D eigenvalue weighted by Crippen LogP contribution is -2.46. The lowest BCUT2D eigenvalue weighted by atomic mass is 9.93. The van der Waals surface area contributed by atoms with Crippen LogP contribution in [0.2, 0.25) is 0 Å². The largest absolute Gasteiger partial charge is 0.380 e. The quantitative estimate of drug-likeness (QED) is 0.282. The summed E-state index contributed by atoms with van der Waals surface area (Å²) in [5, 5.41) is 9.80. The van der Waals surface area contributed by atoms with Gasteiger partial charge in [0.1, 0.15) is 0 Å². The predicted molar refractivity (Wildman–Crippen MR) is 133 cm³/mol. The van der Waals surface area contributed by atoms with E-state index in [1.54, 1.807) is 7.05 Å². The van der Waals surface area contributed by atoms with Gasteiger partial charge in [0, 0.05) is 44.8 Å². The summed E-state index contributed by atoms with van der Waals surface area (Å²) in [6.45, 7) is 10.1. The third-order valence-electron chi connectivity index (χ3n) is 5.37. The topological polar surface area (TPSA) is 68.8 Å². The number of likely N-dealkylation sites (tertiary alicyclic amines) is 1. The molecule has 7 heteroatoms. The van der Waals surface area contributed by atoms with Crippen LogP contribution in [0.15, 0.2) is 35.3 Å². The normalized spacial score (nSPS) is 16.2. The first kappa shape index (κ1) is 25.5. The minimum Gasteiger partial charge on any atom is -0.380 e. The Morgan fingerprint density at radius 2 is 1.86 bits per heavy atom. The van der Waals surface area contributed by atoms with Gasteiger partial charge in [-0.25, -0.2) is 0 Å². The van der Waals surface area contributed by atoms with Crippen LogP contribution in [0, 0.1) is 11.8 Å². The van der Waals surface area contributed by atoms with E-state index in [4.69, 9.17) is 4.99 Å². The first-order valence-corrected chi connectivity index (χ1v) is 10.6. The van der Waals surface area contributed by atoms with E-state index in [1.165, 1.54) is 0 Å². The van der Waals surface area contributed by atoms with Crippen molar-refractivity contribution in [3.05, 3.63) is 30.3 Å². The van der Waals surface area contributed by atoms with E-state index in [-0.39, 0.29) is 35.9 Å². The van der Waals surface area contributed by atoms with Crippen molar-refractivity contribution < 1.29 is 4.79 Å². The van der Waals surface area contributed by atoms with Crippen LogP contribution in [0.25, 0.3) is 0 Å². The van der Waals surface area contributed by atoms with E-state index in [2.05, 4.69) is 65.9 Å². The molecule has 1 atom stereocenters. The van der Waals surface area contributed by atoms with Crippen LogP contribution in [0.3, 0.4) is 0 Å². The van der Waals surface area contributed by atoms with E-state index in [1.807, 2.05) is 6.07 Å². The molecule has 29 heavy (non-hydrogen) atoms. The molecule has 1 saturated heterocycles. The standard InChI is InChI=1S/C22H37N5O.HI/c1-5-24-22(27-13-11-18(12-14-27)15-21(28)23-4)25-16-20(17(2)3)26-19-9-7-6-8-10-19;/h6-10,17-18,20,26H,5,11-16H2,1-4H3,(H,23,28)(H,24,25);1H. The summed E-state index contributed by atoms with van der Waals surface area (Å²) in [6, 6.07) is 10.6. The van der Waals surface area contributed by atoms with E-state index >= 15 is 0 Å². The van der Waals surface area contributed by atoms with Gasteiger partial charge in [-0.15, -0.1) is 24.0 Å². The lowest BCUT2D eigenvalue weighted by Gasteiger charge is -2.34. The second-order valence-electron chi connectivity index (χ2n) is 7.86. The molecule has 1 aromatic rings. The Kier molecular flexibility index (Phi) is 12.0. The average molecular weight is 515 g/mol. The highest BCUT2D eigenvalue weighted by molar-refractivity contribution is 14.0. The molecule has 0 aliphatic carbocycles. The minimum atomic E-state index is 0. The van der Waals surface area contributed by atoms with Gasteiger partial charge in [0.05, 0.1) is 6.54 Å². The molecule has 1 aliphatic heterocycles. The Labute approximate surface area is 193 Å². The molecule has 1 aliphatic rings. The van der Waals surface area contributed by atoms with Crippen molar-refractivity contribution in [1.82, 2.24) is 15.5 Å². The van der Waals surface area contributed by atoms with Gasteiger partial charge in [0.25, 0.3) is 0 Å². The average Bonchev–Trinajstić information content (AvgIpc) is 2.71. The first-order valence-electron chi connectivity index (χ1n) is 10.6. The van der Waals surface area contributed by atoms with Crippen molar-refractivity contribution in [2.75, 3.05) is 38.5 Å². The second kappa shape index (κ2) is 13.7. The number of nitrogens with zero attached hydrogens (tertiary/aromatic N) is 2. The third kappa shape index (κ3) is 8.80. The molecule has 0 aromatic heterocycles. The molecule has 164 valence electrons. The van der Waals surface area contributed by atoms with Crippen molar-refractivity contribution in [2.45, 2.75) is 46.1 Å².